The van der Waals surface area contributed by atoms with Crippen LogP contribution in [0.1, 0.15) is 38.7 Å². The van der Waals surface area contributed by atoms with E-state index in [1.54, 1.807) is 36.4 Å². The van der Waals surface area contributed by atoms with Gasteiger partial charge in [-0.15, -0.1) is 0 Å². The van der Waals surface area contributed by atoms with E-state index in [9.17, 15) is 24.0 Å². The third kappa shape index (κ3) is 12.4. The smallest absolute Gasteiger partial charge is 0.319 e. The lowest BCUT2D eigenvalue weighted by atomic mass is 10.0. The first-order valence-corrected chi connectivity index (χ1v) is 14.6. The fourth-order valence-electron chi connectivity index (χ4n) is 3.97. The Morgan fingerprint density at radius 1 is 0.833 bits per heavy atom. The number of carbonyl (C=O) groups is 5. The molecule has 0 heterocycles. The summed E-state index contributed by atoms with van der Waals surface area (Å²) in [7, 11) is 0. The maximum atomic E-state index is 13.2. The Balaban J connectivity index is 2.04. The van der Waals surface area contributed by atoms with Crippen molar-refractivity contribution >= 4 is 59.6 Å². The molecule has 0 unspecified atom stereocenters. The van der Waals surface area contributed by atoms with E-state index in [1.807, 2.05) is 32.0 Å². The number of benzene rings is 2. The van der Waals surface area contributed by atoms with Gasteiger partial charge in [0.15, 0.2) is 0 Å². The van der Waals surface area contributed by atoms with Gasteiger partial charge in [-0.05, 0) is 48.9 Å². The quantitative estimate of drug-likeness (QED) is 0.143. The molecule has 0 spiro atoms. The van der Waals surface area contributed by atoms with Crippen LogP contribution in [-0.2, 0) is 25.6 Å². The monoisotopic (exact) mass is 619 g/mol. The minimum atomic E-state index is -1.24. The van der Waals surface area contributed by atoms with Crippen LogP contribution in [-0.4, -0.2) is 65.3 Å². The van der Waals surface area contributed by atoms with Crippen LogP contribution in [0.2, 0.25) is 5.02 Å². The van der Waals surface area contributed by atoms with Crippen molar-refractivity contribution in [3.8, 4) is 0 Å². The molecule has 5 amide bonds. The highest BCUT2D eigenvalue weighted by Gasteiger charge is 2.30. The standard InChI is InChI=1S/C29H38ClN5O6S/c1-18(2)16-23(28(40)34-24(17-42)26(38)31-15-14-19-8-6-7-11-21(19)30)33-27(39)22(12-13-25(36)37)35-29(41)32-20-9-4-3-5-10-20/h3-11,18,22-24,42H,12-17H2,1-2H3,(H,31,38)(H,33,39)(H,34,40)(H,36,37)(H2,32,35,41)/t22-,23-,24-/m0/s1. The number of thiol groups is 1. The fourth-order valence-corrected chi connectivity index (χ4v) is 4.46. The van der Waals surface area contributed by atoms with Crippen molar-refractivity contribution in [3.05, 3.63) is 65.2 Å². The third-order valence-corrected chi connectivity index (χ3v) is 6.84. The maximum Gasteiger partial charge on any atom is 0.319 e. The molecule has 11 nitrogen and oxygen atoms in total. The van der Waals surface area contributed by atoms with Crippen LogP contribution in [0, 0.1) is 5.92 Å². The second-order valence-electron chi connectivity index (χ2n) is 10.0. The van der Waals surface area contributed by atoms with Gasteiger partial charge in [-0.2, -0.15) is 12.6 Å². The van der Waals surface area contributed by atoms with Crippen molar-refractivity contribution in [1.29, 1.82) is 0 Å². The first-order valence-electron chi connectivity index (χ1n) is 13.6. The molecule has 3 atom stereocenters. The van der Waals surface area contributed by atoms with Crippen LogP contribution in [0.15, 0.2) is 54.6 Å². The van der Waals surface area contributed by atoms with Gasteiger partial charge in [0.1, 0.15) is 18.1 Å². The number of nitrogens with one attached hydrogen (secondary N) is 5. The molecule has 0 radical (unpaired) electrons. The maximum absolute atomic E-state index is 13.2. The van der Waals surface area contributed by atoms with E-state index >= 15 is 0 Å². The third-order valence-electron chi connectivity index (χ3n) is 6.11. The molecule has 13 heteroatoms. The van der Waals surface area contributed by atoms with E-state index < -0.39 is 47.8 Å². The molecule has 0 bridgehead atoms. The number of carboxylic acids is 1. The summed E-state index contributed by atoms with van der Waals surface area (Å²) in [6.07, 6.45) is 0.132. The number of halogens is 1. The zero-order chi connectivity index (χ0) is 31.1. The highest BCUT2D eigenvalue weighted by atomic mass is 35.5. The Bertz CT molecular complexity index is 1220. The van der Waals surface area contributed by atoms with Crippen molar-refractivity contribution in [1.82, 2.24) is 21.3 Å². The summed E-state index contributed by atoms with van der Waals surface area (Å²) in [4.78, 5) is 62.9. The minimum absolute atomic E-state index is 0.00839. The first-order chi connectivity index (χ1) is 20.0. The van der Waals surface area contributed by atoms with Gasteiger partial charge in [0.25, 0.3) is 0 Å². The van der Waals surface area contributed by atoms with Gasteiger partial charge in [-0.1, -0.05) is 61.8 Å². The van der Waals surface area contributed by atoms with Gasteiger partial charge in [-0.3, -0.25) is 19.2 Å². The van der Waals surface area contributed by atoms with E-state index in [4.69, 9.17) is 16.7 Å². The number of urea groups is 1. The summed E-state index contributed by atoms with van der Waals surface area (Å²) in [6, 6.07) is 11.8. The summed E-state index contributed by atoms with van der Waals surface area (Å²) in [5, 5.41) is 22.8. The SMILES string of the molecule is CC(C)C[C@H](NC(=O)[C@H](CCC(=O)O)NC(=O)Nc1ccccc1)C(=O)N[C@@H](CS)C(=O)NCCc1ccccc1Cl. The van der Waals surface area contributed by atoms with E-state index in [2.05, 4.69) is 39.2 Å². The molecule has 6 N–H and O–H groups in total. The lowest BCUT2D eigenvalue weighted by Gasteiger charge is -2.26. The molecule has 0 aliphatic heterocycles. The number of para-hydroxylation sites is 1. The van der Waals surface area contributed by atoms with Crippen LogP contribution in [0.3, 0.4) is 0 Å². The number of amides is 5. The highest BCUT2D eigenvalue weighted by molar-refractivity contribution is 7.80. The molecule has 0 saturated carbocycles. The van der Waals surface area contributed by atoms with Crippen molar-refractivity contribution < 1.29 is 29.1 Å². The van der Waals surface area contributed by atoms with Gasteiger partial charge in [0.05, 0.1) is 0 Å². The first kappa shape index (κ1) is 34.4. The van der Waals surface area contributed by atoms with Crippen molar-refractivity contribution in [3.63, 3.8) is 0 Å². The van der Waals surface area contributed by atoms with Gasteiger partial charge >= 0.3 is 12.0 Å². The van der Waals surface area contributed by atoms with E-state index in [0.29, 0.717) is 17.1 Å². The number of hydrogen-bond acceptors (Lipinski definition) is 6. The van der Waals surface area contributed by atoms with Crippen molar-refractivity contribution in [2.75, 3.05) is 17.6 Å². The molecule has 0 saturated heterocycles. The summed E-state index contributed by atoms with van der Waals surface area (Å²) < 4.78 is 0. The summed E-state index contributed by atoms with van der Waals surface area (Å²) in [5.41, 5.74) is 1.35. The Kier molecular flexibility index (Phi) is 14.7. The van der Waals surface area contributed by atoms with Gasteiger partial charge in [0.2, 0.25) is 17.7 Å². The molecular formula is C29H38ClN5O6S. The molecule has 0 aromatic heterocycles. The Morgan fingerprint density at radius 3 is 2.07 bits per heavy atom. The van der Waals surface area contributed by atoms with Crippen LogP contribution in [0.4, 0.5) is 10.5 Å². The van der Waals surface area contributed by atoms with Gasteiger partial charge < -0.3 is 31.7 Å². The predicted octanol–water partition coefficient (Wildman–Crippen LogP) is 3.00. The lowest BCUT2D eigenvalue weighted by Crippen LogP contribution is -2.57. The molecule has 2 rings (SSSR count). The second kappa shape index (κ2) is 17.9. The number of rotatable bonds is 16. The summed E-state index contributed by atoms with van der Waals surface area (Å²) >= 11 is 10.4. The Hall–Kier alpha value is -3.77. The zero-order valence-corrected chi connectivity index (χ0v) is 25.2. The van der Waals surface area contributed by atoms with Gasteiger partial charge in [0, 0.05) is 29.4 Å². The summed E-state index contributed by atoms with van der Waals surface area (Å²) in [6.45, 7) is 4.01. The number of aliphatic carboxylic acids is 1. The van der Waals surface area contributed by atoms with Crippen LogP contribution in [0.5, 0.6) is 0 Å². The zero-order valence-electron chi connectivity index (χ0n) is 23.6. The van der Waals surface area contributed by atoms with Crippen LogP contribution >= 0.6 is 24.2 Å². The normalized spacial score (nSPS) is 12.9. The lowest BCUT2D eigenvalue weighted by molar-refractivity contribution is -0.137. The van der Waals surface area contributed by atoms with Crippen molar-refractivity contribution in [2.45, 2.75) is 57.7 Å². The van der Waals surface area contributed by atoms with E-state index in [-0.39, 0.29) is 37.5 Å². The topological polar surface area (TPSA) is 166 Å². The minimum Gasteiger partial charge on any atom is -0.481 e. The van der Waals surface area contributed by atoms with E-state index in [0.717, 1.165) is 5.56 Å². The van der Waals surface area contributed by atoms with Gasteiger partial charge in [-0.25, -0.2) is 4.79 Å². The van der Waals surface area contributed by atoms with Crippen LogP contribution in [0.25, 0.3) is 0 Å². The molecule has 42 heavy (non-hydrogen) atoms. The number of carboxylic acid groups (broad SMARTS) is 1. The summed E-state index contributed by atoms with van der Waals surface area (Å²) in [5.74, 6) is -2.94. The van der Waals surface area contributed by atoms with E-state index in [1.165, 1.54) is 0 Å². The average molecular weight is 620 g/mol. The molecule has 0 aliphatic rings. The second-order valence-corrected chi connectivity index (χ2v) is 10.8. The number of hydrogen-bond donors (Lipinski definition) is 7. The highest BCUT2D eigenvalue weighted by Crippen LogP contribution is 2.15. The number of anilines is 1. The Morgan fingerprint density at radius 2 is 1.45 bits per heavy atom. The largest absolute Gasteiger partial charge is 0.481 e. The molecule has 2 aromatic carbocycles. The molecule has 228 valence electrons. The van der Waals surface area contributed by atoms with Crippen LogP contribution < -0.4 is 26.6 Å². The Labute approximate surface area is 256 Å². The molecule has 0 aliphatic carbocycles. The predicted molar refractivity (Wildman–Crippen MR) is 165 cm³/mol. The molecule has 2 aromatic rings. The molecule has 0 fully saturated rings. The average Bonchev–Trinajstić information content (AvgIpc) is 2.94. The molecular weight excluding hydrogens is 582 g/mol. The van der Waals surface area contributed by atoms with Crippen molar-refractivity contribution in [2.24, 2.45) is 5.92 Å². The fraction of sp³-hybridized carbons (Fsp3) is 0.414. The number of carbonyl (C=O) groups excluding carboxylic acids is 4.